The summed E-state index contributed by atoms with van der Waals surface area (Å²) in [6.07, 6.45) is -0.218. The minimum atomic E-state index is -4.86. The van der Waals surface area contributed by atoms with E-state index in [4.69, 9.17) is 25.3 Å². The number of hydrogen-bond donors (Lipinski definition) is 5. The SMILES string of the molecule is NC(CCCCC(=O)P(=O)(O)O)C(=O)P(=O)(O)O. The Hall–Kier alpha value is -0.400. The van der Waals surface area contributed by atoms with Gasteiger partial charge >= 0.3 is 15.2 Å². The van der Waals surface area contributed by atoms with Crippen molar-refractivity contribution in [2.75, 3.05) is 0 Å². The Bertz CT molecular complexity index is 410. The molecule has 0 aromatic carbocycles. The van der Waals surface area contributed by atoms with Gasteiger partial charge in [-0.25, -0.2) is 0 Å². The highest BCUT2D eigenvalue weighted by molar-refractivity contribution is 7.70. The molecule has 0 heterocycles. The van der Waals surface area contributed by atoms with E-state index >= 15 is 0 Å². The molecule has 0 saturated carbocycles. The van der Waals surface area contributed by atoms with E-state index in [1.807, 2.05) is 0 Å². The third-order valence-corrected chi connectivity index (χ3v) is 3.86. The number of rotatable bonds is 8. The third-order valence-electron chi connectivity index (χ3n) is 2.08. The molecule has 1 unspecified atom stereocenters. The van der Waals surface area contributed by atoms with Crippen molar-refractivity contribution in [3.05, 3.63) is 0 Å². The average Bonchev–Trinajstić information content (AvgIpc) is 2.19. The first-order valence-corrected chi connectivity index (χ1v) is 8.13. The molecule has 0 saturated heterocycles. The molecule has 9 nitrogen and oxygen atoms in total. The van der Waals surface area contributed by atoms with Gasteiger partial charge in [0.25, 0.3) is 5.52 Å². The highest BCUT2D eigenvalue weighted by Gasteiger charge is 2.31. The van der Waals surface area contributed by atoms with Gasteiger partial charge in [-0.2, -0.15) is 0 Å². The van der Waals surface area contributed by atoms with Crippen LogP contribution < -0.4 is 5.73 Å². The fraction of sp³-hybridized carbons (Fsp3) is 0.714. The van der Waals surface area contributed by atoms with Gasteiger partial charge in [-0.05, 0) is 12.8 Å². The van der Waals surface area contributed by atoms with Crippen LogP contribution in [0.2, 0.25) is 0 Å². The van der Waals surface area contributed by atoms with E-state index in [-0.39, 0.29) is 25.7 Å². The first-order chi connectivity index (χ1) is 7.96. The molecule has 11 heteroatoms. The standard InChI is InChI=1S/C7H15NO8P2/c8-5(7(10)18(14,15)16)3-1-2-4-6(9)17(11,12)13/h5H,1-4,8H2,(H2,11,12,13)(H2,14,15,16). The van der Waals surface area contributed by atoms with Gasteiger partial charge in [0.05, 0.1) is 6.04 Å². The normalized spacial score (nSPS) is 14.3. The van der Waals surface area contributed by atoms with Crippen LogP contribution in [0.15, 0.2) is 0 Å². The second kappa shape index (κ2) is 6.68. The van der Waals surface area contributed by atoms with Crippen molar-refractivity contribution in [2.24, 2.45) is 5.73 Å². The van der Waals surface area contributed by atoms with Gasteiger partial charge in [0.1, 0.15) is 0 Å². The van der Waals surface area contributed by atoms with Crippen LogP contribution in [0.25, 0.3) is 0 Å². The molecule has 6 N–H and O–H groups in total. The maximum absolute atomic E-state index is 11.0. The molecule has 0 amide bonds. The van der Waals surface area contributed by atoms with Crippen LogP contribution in [0, 0.1) is 0 Å². The lowest BCUT2D eigenvalue weighted by atomic mass is 10.1. The fourth-order valence-corrected chi connectivity index (χ4v) is 2.14. The van der Waals surface area contributed by atoms with E-state index in [0.29, 0.717) is 0 Å². The number of hydrogen-bond acceptors (Lipinski definition) is 5. The Morgan fingerprint density at radius 3 is 1.89 bits per heavy atom. The largest absolute Gasteiger partial charge is 0.393 e. The van der Waals surface area contributed by atoms with E-state index in [2.05, 4.69) is 0 Å². The molecular weight excluding hydrogens is 288 g/mol. The lowest BCUT2D eigenvalue weighted by Gasteiger charge is -2.10. The molecule has 0 bridgehead atoms. The molecule has 0 aliphatic heterocycles. The highest BCUT2D eigenvalue weighted by Crippen LogP contribution is 2.38. The van der Waals surface area contributed by atoms with Crippen LogP contribution in [0.5, 0.6) is 0 Å². The molecule has 0 aromatic rings. The molecule has 0 aromatic heterocycles. The van der Waals surface area contributed by atoms with Gasteiger partial charge in [0.15, 0.2) is 0 Å². The van der Waals surface area contributed by atoms with E-state index < -0.39 is 32.3 Å². The van der Waals surface area contributed by atoms with Gasteiger partial charge in [-0.15, -0.1) is 0 Å². The zero-order chi connectivity index (χ0) is 14.6. The monoisotopic (exact) mass is 303 g/mol. The second-order valence-corrected chi connectivity index (χ2v) is 6.79. The van der Waals surface area contributed by atoms with Crippen LogP contribution in [-0.4, -0.2) is 36.7 Å². The Kier molecular flexibility index (Phi) is 6.53. The first kappa shape index (κ1) is 17.6. The van der Waals surface area contributed by atoms with Gasteiger partial charge in [0.2, 0.25) is 5.52 Å². The van der Waals surface area contributed by atoms with Crippen molar-refractivity contribution in [1.29, 1.82) is 0 Å². The number of carbonyl (C=O) groups excluding carboxylic acids is 2. The molecule has 0 radical (unpaired) electrons. The van der Waals surface area contributed by atoms with Crippen molar-refractivity contribution in [3.63, 3.8) is 0 Å². The third kappa shape index (κ3) is 6.51. The molecule has 1 atom stereocenters. The number of nitrogens with two attached hydrogens (primary N) is 1. The maximum atomic E-state index is 11.0. The minimum Gasteiger partial charge on any atom is -0.321 e. The second-order valence-electron chi connectivity index (χ2n) is 3.67. The van der Waals surface area contributed by atoms with Crippen LogP contribution in [-0.2, 0) is 18.7 Å². The molecule has 18 heavy (non-hydrogen) atoms. The Morgan fingerprint density at radius 1 is 1.00 bits per heavy atom. The van der Waals surface area contributed by atoms with Gasteiger partial charge in [-0.1, -0.05) is 6.42 Å². The van der Waals surface area contributed by atoms with E-state index in [1.165, 1.54) is 0 Å². The van der Waals surface area contributed by atoms with Crippen molar-refractivity contribution < 1.29 is 38.3 Å². The Balaban J connectivity index is 4.01. The number of carbonyl (C=O) groups is 2. The van der Waals surface area contributed by atoms with E-state index in [9.17, 15) is 18.7 Å². The summed E-state index contributed by atoms with van der Waals surface area (Å²) in [5.74, 6) is 0. The van der Waals surface area contributed by atoms with Crippen molar-refractivity contribution in [1.82, 2.24) is 0 Å². The van der Waals surface area contributed by atoms with Crippen molar-refractivity contribution >= 4 is 26.2 Å². The smallest absolute Gasteiger partial charge is 0.321 e. The first-order valence-electron chi connectivity index (χ1n) is 4.90. The Morgan fingerprint density at radius 2 is 1.50 bits per heavy atom. The zero-order valence-corrected chi connectivity index (χ0v) is 11.1. The van der Waals surface area contributed by atoms with Crippen molar-refractivity contribution in [3.8, 4) is 0 Å². The number of unbranched alkanes of at least 4 members (excludes halogenated alkanes) is 1. The molecule has 0 aliphatic carbocycles. The van der Waals surface area contributed by atoms with Gasteiger partial charge in [-0.3, -0.25) is 18.7 Å². The summed E-state index contributed by atoms with van der Waals surface area (Å²) in [6.45, 7) is 0. The summed E-state index contributed by atoms with van der Waals surface area (Å²) in [5, 5.41) is 0. The summed E-state index contributed by atoms with van der Waals surface area (Å²) in [4.78, 5) is 55.8. The molecule has 0 fully saturated rings. The van der Waals surface area contributed by atoms with Gasteiger partial charge < -0.3 is 25.3 Å². The quantitative estimate of drug-likeness (QED) is 0.286. The summed E-state index contributed by atoms with van der Waals surface area (Å²) < 4.78 is 21.0. The van der Waals surface area contributed by atoms with Crippen LogP contribution >= 0.6 is 15.2 Å². The molecule has 0 aliphatic rings. The molecular formula is C7H15NO8P2. The molecule has 0 spiro atoms. The predicted octanol–water partition coefficient (Wildman–Crippen LogP) is -0.717. The lowest BCUT2D eigenvalue weighted by molar-refractivity contribution is -0.114. The summed E-state index contributed by atoms with van der Waals surface area (Å²) in [6, 6.07) is -1.35. The molecule has 0 rings (SSSR count). The highest BCUT2D eigenvalue weighted by atomic mass is 31.2. The minimum absolute atomic E-state index is 0.0710. The molecule has 106 valence electrons. The maximum Gasteiger partial charge on any atom is 0.393 e. The van der Waals surface area contributed by atoms with Crippen LogP contribution in [0.3, 0.4) is 0 Å². The van der Waals surface area contributed by atoms with E-state index in [1.54, 1.807) is 0 Å². The summed E-state index contributed by atoms with van der Waals surface area (Å²) in [5.41, 5.74) is 2.63. The van der Waals surface area contributed by atoms with Crippen LogP contribution in [0.1, 0.15) is 25.7 Å². The summed E-state index contributed by atoms with van der Waals surface area (Å²) in [7, 11) is -9.59. The average molecular weight is 303 g/mol. The summed E-state index contributed by atoms with van der Waals surface area (Å²) >= 11 is 0. The van der Waals surface area contributed by atoms with Crippen LogP contribution in [0.4, 0.5) is 0 Å². The fourth-order valence-electron chi connectivity index (χ4n) is 1.13. The zero-order valence-electron chi connectivity index (χ0n) is 9.30. The lowest BCUT2D eigenvalue weighted by Crippen LogP contribution is -2.30. The van der Waals surface area contributed by atoms with Gasteiger partial charge in [0, 0.05) is 6.42 Å². The van der Waals surface area contributed by atoms with Crippen molar-refractivity contribution in [2.45, 2.75) is 31.7 Å². The Labute approximate surface area is 103 Å². The predicted molar refractivity (Wildman–Crippen MR) is 60.5 cm³/mol. The topological polar surface area (TPSA) is 175 Å². The van der Waals surface area contributed by atoms with E-state index in [0.717, 1.165) is 0 Å².